The minimum absolute atomic E-state index is 0.395. The van der Waals surface area contributed by atoms with Crippen molar-refractivity contribution in [1.82, 2.24) is 9.97 Å². The lowest BCUT2D eigenvalue weighted by Gasteiger charge is -2.04. The van der Waals surface area contributed by atoms with E-state index >= 15 is 0 Å². The van der Waals surface area contributed by atoms with Gasteiger partial charge in [0.25, 0.3) is 0 Å². The maximum absolute atomic E-state index is 5.60. The van der Waals surface area contributed by atoms with E-state index in [1.807, 2.05) is 24.3 Å². The fourth-order valence-corrected chi connectivity index (χ4v) is 2.77. The fraction of sp³-hybridized carbons (Fsp3) is 0.0909. The van der Waals surface area contributed by atoms with Crippen LogP contribution < -0.4 is 11.5 Å². The van der Waals surface area contributed by atoms with Crippen molar-refractivity contribution in [3.8, 4) is 0 Å². The van der Waals surface area contributed by atoms with Crippen LogP contribution in [0.25, 0.3) is 0 Å². The molecule has 17 heavy (non-hydrogen) atoms. The van der Waals surface area contributed by atoms with E-state index in [9.17, 15) is 0 Å². The van der Waals surface area contributed by atoms with E-state index in [0.717, 1.165) is 10.2 Å². The summed E-state index contributed by atoms with van der Waals surface area (Å²) in [6.07, 6.45) is 0. The van der Waals surface area contributed by atoms with Crippen molar-refractivity contribution in [3.05, 3.63) is 40.4 Å². The Morgan fingerprint density at radius 2 is 1.76 bits per heavy atom. The molecular weight excluding hydrogens is 300 g/mol. The van der Waals surface area contributed by atoms with Gasteiger partial charge < -0.3 is 11.5 Å². The molecule has 0 aliphatic carbocycles. The van der Waals surface area contributed by atoms with E-state index in [0.29, 0.717) is 16.8 Å². The first kappa shape index (κ1) is 12.2. The van der Waals surface area contributed by atoms with E-state index in [2.05, 4.69) is 25.9 Å². The Kier molecular flexibility index (Phi) is 3.86. The third-order valence-corrected chi connectivity index (χ3v) is 3.73. The molecule has 0 aliphatic heterocycles. The number of rotatable bonds is 3. The summed E-state index contributed by atoms with van der Waals surface area (Å²) in [4.78, 5) is 8.23. The zero-order chi connectivity index (χ0) is 12.3. The number of nitrogens with two attached hydrogens (primary N) is 2. The molecule has 88 valence electrons. The first-order valence-electron chi connectivity index (χ1n) is 4.91. The average Bonchev–Trinajstić information content (AvgIpc) is 2.27. The van der Waals surface area contributed by atoms with E-state index in [4.69, 9.17) is 11.5 Å². The van der Waals surface area contributed by atoms with Crippen LogP contribution in [0, 0.1) is 0 Å². The van der Waals surface area contributed by atoms with Gasteiger partial charge >= 0.3 is 0 Å². The number of halogens is 1. The van der Waals surface area contributed by atoms with Gasteiger partial charge in [-0.15, -0.1) is 0 Å². The summed E-state index contributed by atoms with van der Waals surface area (Å²) in [5, 5.41) is 0.596. The molecule has 0 spiro atoms. The average molecular weight is 311 g/mol. The van der Waals surface area contributed by atoms with Crippen LogP contribution in [0.3, 0.4) is 0 Å². The molecule has 6 heteroatoms. The molecule has 4 N–H and O–H groups in total. The summed E-state index contributed by atoms with van der Waals surface area (Å²) in [5.74, 6) is 1.56. The van der Waals surface area contributed by atoms with Gasteiger partial charge in [-0.1, -0.05) is 45.9 Å². The predicted molar refractivity (Wildman–Crippen MR) is 74.6 cm³/mol. The van der Waals surface area contributed by atoms with Gasteiger partial charge in [-0.25, -0.2) is 9.97 Å². The Bertz CT molecular complexity index is 512. The van der Waals surface area contributed by atoms with E-state index in [1.54, 1.807) is 6.07 Å². The maximum atomic E-state index is 5.60. The van der Waals surface area contributed by atoms with Crippen LogP contribution in [-0.4, -0.2) is 9.97 Å². The second-order valence-electron chi connectivity index (χ2n) is 3.38. The lowest BCUT2D eigenvalue weighted by atomic mass is 10.2. The normalized spacial score (nSPS) is 10.4. The van der Waals surface area contributed by atoms with E-state index in [-0.39, 0.29) is 0 Å². The number of aromatic nitrogens is 2. The Labute approximate surface area is 112 Å². The zero-order valence-corrected chi connectivity index (χ0v) is 11.3. The Morgan fingerprint density at radius 3 is 2.41 bits per heavy atom. The second-order valence-corrected chi connectivity index (χ2v) is 5.18. The van der Waals surface area contributed by atoms with Gasteiger partial charge in [-0.2, -0.15) is 0 Å². The molecule has 2 aromatic rings. The molecule has 1 aromatic heterocycles. The molecule has 2 rings (SSSR count). The summed E-state index contributed by atoms with van der Waals surface area (Å²) < 4.78 is 1.07. The highest BCUT2D eigenvalue weighted by atomic mass is 79.9. The molecule has 1 heterocycles. The third-order valence-electron chi connectivity index (χ3n) is 2.06. The third kappa shape index (κ3) is 3.34. The molecule has 0 fully saturated rings. The monoisotopic (exact) mass is 310 g/mol. The van der Waals surface area contributed by atoms with E-state index < -0.39 is 0 Å². The number of thioether (sulfide) groups is 1. The molecule has 4 nitrogen and oxygen atoms in total. The van der Waals surface area contributed by atoms with Crippen LogP contribution in [0.1, 0.15) is 5.56 Å². The van der Waals surface area contributed by atoms with Crippen molar-refractivity contribution in [3.63, 3.8) is 0 Å². The van der Waals surface area contributed by atoms with Gasteiger partial charge in [0, 0.05) is 16.3 Å². The fourth-order valence-electron chi connectivity index (χ4n) is 1.28. The molecule has 0 unspecified atom stereocenters. The Balaban J connectivity index is 2.10. The topological polar surface area (TPSA) is 77.8 Å². The Morgan fingerprint density at radius 1 is 1.12 bits per heavy atom. The summed E-state index contributed by atoms with van der Waals surface area (Å²) in [6.45, 7) is 0. The molecule has 0 bridgehead atoms. The summed E-state index contributed by atoms with van der Waals surface area (Å²) in [7, 11) is 0. The summed E-state index contributed by atoms with van der Waals surface area (Å²) in [6, 6.07) is 9.57. The number of nitrogen functional groups attached to an aromatic ring is 2. The minimum atomic E-state index is 0.395. The second kappa shape index (κ2) is 5.37. The molecule has 0 atom stereocenters. The zero-order valence-electron chi connectivity index (χ0n) is 8.93. The molecule has 0 radical (unpaired) electrons. The quantitative estimate of drug-likeness (QED) is 0.673. The first-order chi connectivity index (χ1) is 8.15. The number of anilines is 2. The van der Waals surface area contributed by atoms with Gasteiger partial charge in [-0.3, -0.25) is 0 Å². The van der Waals surface area contributed by atoms with Crippen LogP contribution in [0.5, 0.6) is 0 Å². The van der Waals surface area contributed by atoms with Crippen molar-refractivity contribution in [2.45, 2.75) is 10.9 Å². The van der Waals surface area contributed by atoms with Crippen LogP contribution in [0.4, 0.5) is 11.6 Å². The summed E-state index contributed by atoms with van der Waals surface area (Å²) >= 11 is 5.00. The molecular formula is C11H11BrN4S. The Hall–Kier alpha value is -1.27. The molecule has 1 aromatic carbocycles. The molecule has 0 saturated heterocycles. The number of hydrogen-bond acceptors (Lipinski definition) is 5. The van der Waals surface area contributed by atoms with Crippen molar-refractivity contribution < 1.29 is 0 Å². The maximum Gasteiger partial charge on any atom is 0.191 e. The van der Waals surface area contributed by atoms with Gasteiger partial charge in [0.2, 0.25) is 0 Å². The molecule has 0 saturated carbocycles. The highest BCUT2D eigenvalue weighted by molar-refractivity contribution is 9.10. The number of benzene rings is 1. The van der Waals surface area contributed by atoms with Crippen molar-refractivity contribution >= 4 is 39.3 Å². The van der Waals surface area contributed by atoms with Crippen molar-refractivity contribution in [2.24, 2.45) is 0 Å². The SMILES string of the molecule is Nc1cc(N)nc(SCc2ccccc2Br)n1. The minimum Gasteiger partial charge on any atom is -0.383 e. The lowest BCUT2D eigenvalue weighted by Crippen LogP contribution is -1.99. The predicted octanol–water partition coefficient (Wildman–Crippen LogP) is 2.70. The highest BCUT2D eigenvalue weighted by Gasteiger charge is 2.04. The van der Waals surface area contributed by atoms with Gasteiger partial charge in [0.05, 0.1) is 0 Å². The summed E-state index contributed by atoms with van der Waals surface area (Å²) in [5.41, 5.74) is 12.4. The smallest absolute Gasteiger partial charge is 0.191 e. The van der Waals surface area contributed by atoms with Gasteiger partial charge in [0.1, 0.15) is 11.6 Å². The van der Waals surface area contributed by atoms with Crippen LogP contribution in [0.2, 0.25) is 0 Å². The van der Waals surface area contributed by atoms with Crippen molar-refractivity contribution in [2.75, 3.05) is 11.5 Å². The standard InChI is InChI=1S/C11H11BrN4S/c12-8-4-2-1-3-7(8)6-17-11-15-9(13)5-10(14)16-11/h1-5H,6H2,(H4,13,14,15,16). The van der Waals surface area contributed by atoms with E-state index in [1.165, 1.54) is 17.3 Å². The molecule has 0 aliphatic rings. The largest absolute Gasteiger partial charge is 0.383 e. The van der Waals surface area contributed by atoms with Crippen LogP contribution >= 0.6 is 27.7 Å². The lowest BCUT2D eigenvalue weighted by molar-refractivity contribution is 0.984. The van der Waals surface area contributed by atoms with Crippen LogP contribution in [0.15, 0.2) is 40.0 Å². The number of nitrogens with zero attached hydrogens (tertiary/aromatic N) is 2. The van der Waals surface area contributed by atoms with Crippen molar-refractivity contribution in [1.29, 1.82) is 0 Å². The number of hydrogen-bond donors (Lipinski definition) is 2. The highest BCUT2D eigenvalue weighted by Crippen LogP contribution is 2.25. The van der Waals surface area contributed by atoms with Gasteiger partial charge in [0.15, 0.2) is 5.16 Å². The molecule has 0 amide bonds. The van der Waals surface area contributed by atoms with Crippen LogP contribution in [-0.2, 0) is 5.75 Å². The first-order valence-corrected chi connectivity index (χ1v) is 6.69. The van der Waals surface area contributed by atoms with Gasteiger partial charge in [-0.05, 0) is 11.6 Å².